The van der Waals surface area contributed by atoms with E-state index in [4.69, 9.17) is 5.73 Å². The molecule has 0 radical (unpaired) electrons. The lowest BCUT2D eigenvalue weighted by molar-refractivity contribution is -0.113. The van der Waals surface area contributed by atoms with Crippen molar-refractivity contribution in [1.82, 2.24) is 19.6 Å². The van der Waals surface area contributed by atoms with Crippen LogP contribution in [0.1, 0.15) is 5.56 Å². The SMILES string of the molecule is Nc1c(/C=C2\C=CC(=O)C(O)=C2)c(=O)nc2sc(-c3ccncc3)nn12. The van der Waals surface area contributed by atoms with Gasteiger partial charge in [-0.2, -0.15) is 14.6 Å². The summed E-state index contributed by atoms with van der Waals surface area (Å²) in [6.07, 6.45) is 8.71. The molecule has 1 aliphatic rings. The summed E-state index contributed by atoms with van der Waals surface area (Å²) in [6, 6.07) is 3.60. The van der Waals surface area contributed by atoms with Crippen LogP contribution in [0.2, 0.25) is 0 Å². The number of hydrogen-bond acceptors (Lipinski definition) is 8. The third-order valence-electron chi connectivity index (χ3n) is 3.71. The van der Waals surface area contributed by atoms with E-state index in [1.165, 1.54) is 40.2 Å². The molecule has 4 rings (SSSR count). The van der Waals surface area contributed by atoms with Gasteiger partial charge in [0.1, 0.15) is 10.8 Å². The number of ketones is 1. The van der Waals surface area contributed by atoms with E-state index in [0.717, 1.165) is 5.56 Å². The highest BCUT2D eigenvalue weighted by molar-refractivity contribution is 7.19. The standard InChI is InChI=1S/C17H11N5O3S/c18-14-11(7-9-1-2-12(23)13(24)8-9)15(25)20-17-22(14)21-16(26-17)10-3-5-19-6-4-10/h1-8,24H,18H2/b9-7+. The van der Waals surface area contributed by atoms with Crippen LogP contribution in [0.15, 0.2) is 58.9 Å². The highest BCUT2D eigenvalue weighted by Gasteiger charge is 2.16. The van der Waals surface area contributed by atoms with Crippen LogP contribution in [0.4, 0.5) is 5.82 Å². The van der Waals surface area contributed by atoms with Crippen molar-refractivity contribution in [3.8, 4) is 10.6 Å². The van der Waals surface area contributed by atoms with Crippen LogP contribution in [0.3, 0.4) is 0 Å². The Morgan fingerprint density at radius 3 is 2.69 bits per heavy atom. The van der Waals surface area contributed by atoms with Crippen molar-refractivity contribution in [3.63, 3.8) is 0 Å². The van der Waals surface area contributed by atoms with E-state index in [1.807, 2.05) is 0 Å². The molecule has 0 atom stereocenters. The number of rotatable bonds is 2. The molecule has 1 aliphatic carbocycles. The number of allylic oxidation sites excluding steroid dienone is 4. The number of nitrogen functional groups attached to an aromatic ring is 1. The fraction of sp³-hybridized carbons (Fsp3) is 0. The first-order valence-corrected chi connectivity index (χ1v) is 8.29. The van der Waals surface area contributed by atoms with Crippen LogP contribution in [-0.4, -0.2) is 30.5 Å². The summed E-state index contributed by atoms with van der Waals surface area (Å²) in [5.41, 5.74) is 7.03. The maximum atomic E-state index is 12.4. The van der Waals surface area contributed by atoms with E-state index in [2.05, 4.69) is 15.1 Å². The minimum absolute atomic E-state index is 0.127. The minimum atomic E-state index is -0.516. The molecule has 0 spiro atoms. The molecule has 0 aromatic carbocycles. The van der Waals surface area contributed by atoms with Crippen molar-refractivity contribution in [3.05, 3.63) is 70.0 Å². The maximum Gasteiger partial charge on any atom is 0.283 e. The molecule has 9 heteroatoms. The van der Waals surface area contributed by atoms with Gasteiger partial charge < -0.3 is 10.8 Å². The number of aliphatic hydroxyl groups excluding tert-OH is 1. The molecule has 0 saturated heterocycles. The van der Waals surface area contributed by atoms with E-state index >= 15 is 0 Å². The third-order valence-corrected chi connectivity index (χ3v) is 4.67. The molecular weight excluding hydrogens is 354 g/mol. The van der Waals surface area contributed by atoms with Gasteiger partial charge in [-0.15, -0.1) is 0 Å². The summed E-state index contributed by atoms with van der Waals surface area (Å²) in [7, 11) is 0. The number of nitrogens with zero attached hydrogens (tertiary/aromatic N) is 4. The number of fused-ring (bicyclic) bond motifs is 1. The van der Waals surface area contributed by atoms with Gasteiger partial charge in [-0.05, 0) is 35.9 Å². The lowest BCUT2D eigenvalue weighted by atomic mass is 10.1. The van der Waals surface area contributed by atoms with Gasteiger partial charge in [-0.3, -0.25) is 14.6 Å². The molecule has 3 heterocycles. The van der Waals surface area contributed by atoms with Crippen LogP contribution >= 0.6 is 11.3 Å². The fourth-order valence-electron chi connectivity index (χ4n) is 2.42. The van der Waals surface area contributed by atoms with Gasteiger partial charge in [-0.25, -0.2) is 0 Å². The number of pyridine rings is 1. The fourth-order valence-corrected chi connectivity index (χ4v) is 3.32. The number of carbonyl (C=O) groups is 1. The minimum Gasteiger partial charge on any atom is -0.504 e. The second-order valence-electron chi connectivity index (χ2n) is 5.42. The lowest BCUT2D eigenvalue weighted by Gasteiger charge is -2.05. The predicted molar refractivity (Wildman–Crippen MR) is 97.6 cm³/mol. The average Bonchev–Trinajstić information content (AvgIpc) is 3.06. The molecule has 0 bridgehead atoms. The molecular formula is C17H11N5O3S. The average molecular weight is 365 g/mol. The van der Waals surface area contributed by atoms with Crippen molar-refractivity contribution in [1.29, 1.82) is 0 Å². The topological polar surface area (TPSA) is 123 Å². The summed E-state index contributed by atoms with van der Waals surface area (Å²) in [5.74, 6) is -0.774. The zero-order chi connectivity index (χ0) is 18.3. The second kappa shape index (κ2) is 6.05. The Morgan fingerprint density at radius 2 is 1.96 bits per heavy atom. The van der Waals surface area contributed by atoms with Crippen molar-refractivity contribution < 1.29 is 9.90 Å². The van der Waals surface area contributed by atoms with E-state index < -0.39 is 17.1 Å². The van der Waals surface area contributed by atoms with Gasteiger partial charge >= 0.3 is 0 Å². The van der Waals surface area contributed by atoms with Gasteiger partial charge in [0.25, 0.3) is 5.56 Å². The quantitative estimate of drug-likeness (QED) is 0.709. The Balaban J connectivity index is 1.86. The number of aromatic nitrogens is 4. The molecule has 0 fully saturated rings. The first kappa shape index (κ1) is 15.9. The monoisotopic (exact) mass is 365 g/mol. The zero-order valence-electron chi connectivity index (χ0n) is 13.2. The summed E-state index contributed by atoms with van der Waals surface area (Å²) >= 11 is 1.24. The zero-order valence-corrected chi connectivity index (χ0v) is 14.0. The summed E-state index contributed by atoms with van der Waals surface area (Å²) in [4.78, 5) is 32.0. The molecule has 0 amide bonds. The van der Waals surface area contributed by atoms with Crippen molar-refractivity contribution in [2.75, 3.05) is 5.73 Å². The third kappa shape index (κ3) is 2.70. The molecule has 0 saturated carbocycles. The van der Waals surface area contributed by atoms with Crippen molar-refractivity contribution in [2.24, 2.45) is 0 Å². The Bertz CT molecular complexity index is 1190. The van der Waals surface area contributed by atoms with Gasteiger partial charge in [0.05, 0.1) is 5.56 Å². The van der Waals surface area contributed by atoms with Gasteiger partial charge in [0.15, 0.2) is 5.76 Å². The van der Waals surface area contributed by atoms with Gasteiger partial charge in [-0.1, -0.05) is 17.4 Å². The summed E-state index contributed by atoms with van der Waals surface area (Å²) < 4.78 is 1.40. The van der Waals surface area contributed by atoms with E-state index in [9.17, 15) is 14.7 Å². The number of nitrogens with two attached hydrogens (primary N) is 1. The van der Waals surface area contributed by atoms with Gasteiger partial charge in [0, 0.05) is 18.0 Å². The molecule has 26 heavy (non-hydrogen) atoms. The maximum absolute atomic E-state index is 12.4. The molecule has 0 aliphatic heterocycles. The largest absolute Gasteiger partial charge is 0.504 e. The Hall–Kier alpha value is -3.59. The predicted octanol–water partition coefficient (Wildman–Crippen LogP) is 1.76. The van der Waals surface area contributed by atoms with Crippen molar-refractivity contribution in [2.45, 2.75) is 0 Å². The smallest absolute Gasteiger partial charge is 0.283 e. The summed E-state index contributed by atoms with van der Waals surface area (Å²) in [5, 5.41) is 14.6. The lowest BCUT2D eigenvalue weighted by Crippen LogP contribution is -2.17. The first-order valence-electron chi connectivity index (χ1n) is 7.47. The number of aliphatic hydroxyl groups is 1. The van der Waals surface area contributed by atoms with Crippen LogP contribution < -0.4 is 11.3 Å². The molecule has 3 aromatic rings. The highest BCUT2D eigenvalue weighted by Crippen LogP contribution is 2.26. The number of anilines is 1. The van der Waals surface area contributed by atoms with Crippen LogP contribution in [0.25, 0.3) is 21.6 Å². The normalized spacial score (nSPS) is 15.6. The first-order chi connectivity index (χ1) is 12.5. The van der Waals surface area contributed by atoms with Gasteiger partial charge in [0.2, 0.25) is 10.7 Å². The molecule has 3 N–H and O–H groups in total. The summed E-state index contributed by atoms with van der Waals surface area (Å²) in [6.45, 7) is 0. The molecule has 128 valence electrons. The van der Waals surface area contributed by atoms with E-state index in [1.54, 1.807) is 24.5 Å². The van der Waals surface area contributed by atoms with Crippen LogP contribution in [0, 0.1) is 0 Å². The second-order valence-corrected chi connectivity index (χ2v) is 6.38. The van der Waals surface area contributed by atoms with E-state index in [0.29, 0.717) is 15.5 Å². The highest BCUT2D eigenvalue weighted by atomic mass is 32.1. The molecule has 0 unspecified atom stereocenters. The number of hydrogen-bond donors (Lipinski definition) is 2. The van der Waals surface area contributed by atoms with Crippen molar-refractivity contribution >= 4 is 34.0 Å². The van der Waals surface area contributed by atoms with Crippen LogP contribution in [0.5, 0.6) is 0 Å². The van der Waals surface area contributed by atoms with Crippen LogP contribution in [-0.2, 0) is 4.79 Å². The molecule has 8 nitrogen and oxygen atoms in total. The molecule has 3 aromatic heterocycles. The number of carbonyl (C=O) groups excluding carboxylic acids is 1. The Labute approximate surface area is 150 Å². The Morgan fingerprint density at radius 1 is 1.19 bits per heavy atom. The van der Waals surface area contributed by atoms with E-state index in [-0.39, 0.29) is 11.4 Å². The Kier molecular flexibility index (Phi) is 3.70.